The molecule has 1 atom stereocenters. The number of amides is 1. The van der Waals surface area contributed by atoms with Crippen LogP contribution >= 0.6 is 11.6 Å². The molecule has 1 heterocycles. The van der Waals surface area contributed by atoms with E-state index in [1.807, 2.05) is 12.1 Å². The fourth-order valence-electron chi connectivity index (χ4n) is 2.55. The number of halogens is 1. The number of hydrogen-bond acceptors (Lipinski definition) is 5. The summed E-state index contributed by atoms with van der Waals surface area (Å²) in [7, 11) is 1.57. The minimum atomic E-state index is -0.855. The van der Waals surface area contributed by atoms with Gasteiger partial charge >= 0.3 is 0 Å². The predicted molar refractivity (Wildman–Crippen MR) is 101 cm³/mol. The third kappa shape index (κ3) is 4.27. The lowest BCUT2D eigenvalue weighted by molar-refractivity contribution is 0.0906. The Morgan fingerprint density at radius 1 is 1.26 bits per heavy atom. The van der Waals surface area contributed by atoms with Crippen molar-refractivity contribution in [3.05, 3.63) is 70.8 Å². The van der Waals surface area contributed by atoms with Gasteiger partial charge in [0.1, 0.15) is 11.6 Å². The molecular weight excluding hydrogens is 368 g/mol. The van der Waals surface area contributed by atoms with E-state index in [1.165, 1.54) is 4.68 Å². The van der Waals surface area contributed by atoms with Gasteiger partial charge in [-0.3, -0.25) is 4.79 Å². The van der Waals surface area contributed by atoms with Crippen LogP contribution in [0.15, 0.2) is 48.5 Å². The number of nitrogens with zero attached hydrogens (tertiary/aromatic N) is 3. The topological polar surface area (TPSA) is 89.3 Å². The molecule has 1 amide bonds. The fourth-order valence-corrected chi connectivity index (χ4v) is 2.77. The maximum absolute atomic E-state index is 12.3. The summed E-state index contributed by atoms with van der Waals surface area (Å²) >= 11 is 6.18. The van der Waals surface area contributed by atoms with Gasteiger partial charge in [-0.2, -0.15) is 0 Å². The van der Waals surface area contributed by atoms with Crippen molar-refractivity contribution in [1.82, 2.24) is 20.1 Å². The Morgan fingerprint density at radius 2 is 1.96 bits per heavy atom. The zero-order valence-electron chi connectivity index (χ0n) is 14.9. The van der Waals surface area contributed by atoms with Crippen LogP contribution in [0.3, 0.4) is 0 Å². The molecule has 0 fully saturated rings. The van der Waals surface area contributed by atoms with Gasteiger partial charge in [0, 0.05) is 6.54 Å². The van der Waals surface area contributed by atoms with Crippen LogP contribution in [0.1, 0.15) is 28.1 Å². The van der Waals surface area contributed by atoms with Crippen LogP contribution in [-0.2, 0) is 0 Å². The largest absolute Gasteiger partial charge is 0.497 e. The standard InChI is InChI=1S/C19H19ClN4O3/c1-12-22-18(23-24(12)16-6-4-3-5-15(16)20)19(26)21-11-17(25)13-7-9-14(27-2)10-8-13/h3-10,17,25H,11H2,1-2H3,(H,21,26). The summed E-state index contributed by atoms with van der Waals surface area (Å²) in [6.07, 6.45) is -0.855. The SMILES string of the molecule is COc1ccc(C(O)CNC(=O)c2nc(C)n(-c3ccccc3Cl)n2)cc1. The van der Waals surface area contributed by atoms with Crippen molar-refractivity contribution in [2.75, 3.05) is 13.7 Å². The number of hydrogen-bond donors (Lipinski definition) is 2. The Labute approximate surface area is 161 Å². The number of aliphatic hydroxyl groups excluding tert-OH is 1. The van der Waals surface area contributed by atoms with E-state index in [1.54, 1.807) is 50.4 Å². The molecular formula is C19H19ClN4O3. The summed E-state index contributed by atoms with van der Waals surface area (Å²) in [6, 6.07) is 14.1. The molecule has 0 saturated carbocycles. The second-order valence-corrected chi connectivity index (χ2v) is 6.25. The number of carbonyl (C=O) groups is 1. The molecule has 0 aliphatic carbocycles. The first-order chi connectivity index (χ1) is 13.0. The summed E-state index contributed by atoms with van der Waals surface area (Å²) < 4.78 is 6.59. The first-order valence-corrected chi connectivity index (χ1v) is 8.66. The molecule has 0 aliphatic rings. The minimum Gasteiger partial charge on any atom is -0.497 e. The number of nitrogens with one attached hydrogen (secondary N) is 1. The third-order valence-electron chi connectivity index (χ3n) is 4.01. The van der Waals surface area contributed by atoms with Gasteiger partial charge in [0.15, 0.2) is 0 Å². The molecule has 0 aliphatic heterocycles. The highest BCUT2D eigenvalue weighted by Crippen LogP contribution is 2.20. The van der Waals surface area contributed by atoms with Crippen molar-refractivity contribution < 1.29 is 14.6 Å². The first kappa shape index (κ1) is 18.9. The van der Waals surface area contributed by atoms with Gasteiger partial charge in [-0.25, -0.2) is 9.67 Å². The Hall–Kier alpha value is -2.90. The molecule has 2 aromatic carbocycles. The second-order valence-electron chi connectivity index (χ2n) is 5.84. The quantitative estimate of drug-likeness (QED) is 0.680. The molecule has 27 heavy (non-hydrogen) atoms. The van der Waals surface area contributed by atoms with E-state index < -0.39 is 12.0 Å². The number of carbonyl (C=O) groups excluding carboxylic acids is 1. The maximum Gasteiger partial charge on any atom is 0.291 e. The van der Waals surface area contributed by atoms with E-state index in [2.05, 4.69) is 15.4 Å². The lowest BCUT2D eigenvalue weighted by Crippen LogP contribution is -2.29. The number of ether oxygens (including phenoxy) is 1. The average molecular weight is 387 g/mol. The van der Waals surface area contributed by atoms with Crippen molar-refractivity contribution in [3.63, 3.8) is 0 Å². The summed E-state index contributed by atoms with van der Waals surface area (Å²) in [5, 5.41) is 17.6. The van der Waals surface area contributed by atoms with E-state index in [-0.39, 0.29) is 12.4 Å². The van der Waals surface area contributed by atoms with E-state index in [0.717, 1.165) is 0 Å². The lowest BCUT2D eigenvalue weighted by Gasteiger charge is -2.12. The average Bonchev–Trinajstić information content (AvgIpc) is 3.08. The molecule has 0 radical (unpaired) electrons. The van der Waals surface area contributed by atoms with E-state index in [4.69, 9.17) is 16.3 Å². The molecule has 0 saturated heterocycles. The van der Waals surface area contributed by atoms with Gasteiger partial charge in [0.25, 0.3) is 5.91 Å². The second kappa shape index (κ2) is 8.20. The zero-order chi connectivity index (χ0) is 19.4. The lowest BCUT2D eigenvalue weighted by atomic mass is 10.1. The summed E-state index contributed by atoms with van der Waals surface area (Å²) in [5.41, 5.74) is 1.31. The molecule has 0 bridgehead atoms. The van der Waals surface area contributed by atoms with Gasteiger partial charge in [0.2, 0.25) is 5.82 Å². The molecule has 3 aromatic rings. The van der Waals surface area contributed by atoms with Gasteiger partial charge in [-0.15, -0.1) is 5.10 Å². The van der Waals surface area contributed by atoms with Crippen molar-refractivity contribution in [3.8, 4) is 11.4 Å². The van der Waals surface area contributed by atoms with Crippen LogP contribution in [0.5, 0.6) is 5.75 Å². The van der Waals surface area contributed by atoms with Crippen molar-refractivity contribution in [2.45, 2.75) is 13.0 Å². The number of methoxy groups -OCH3 is 1. The van der Waals surface area contributed by atoms with Crippen LogP contribution in [-0.4, -0.2) is 39.4 Å². The summed E-state index contributed by atoms with van der Waals surface area (Å²) in [4.78, 5) is 16.5. The van der Waals surface area contributed by atoms with Crippen molar-refractivity contribution in [2.24, 2.45) is 0 Å². The molecule has 1 unspecified atom stereocenters. The highest BCUT2D eigenvalue weighted by molar-refractivity contribution is 6.32. The molecule has 8 heteroatoms. The number of aryl methyl sites for hydroxylation is 1. The van der Waals surface area contributed by atoms with Gasteiger partial charge in [-0.05, 0) is 36.8 Å². The van der Waals surface area contributed by atoms with Gasteiger partial charge in [0.05, 0.1) is 23.9 Å². The molecule has 2 N–H and O–H groups in total. The molecule has 1 aromatic heterocycles. The number of aromatic nitrogens is 3. The van der Waals surface area contributed by atoms with E-state index in [9.17, 15) is 9.90 Å². The number of aliphatic hydroxyl groups is 1. The predicted octanol–water partition coefficient (Wildman–Crippen LogP) is 2.70. The van der Waals surface area contributed by atoms with Crippen LogP contribution in [0.2, 0.25) is 5.02 Å². The molecule has 3 rings (SSSR count). The Bertz CT molecular complexity index is 940. The smallest absolute Gasteiger partial charge is 0.291 e. The molecule has 140 valence electrons. The Balaban J connectivity index is 1.68. The first-order valence-electron chi connectivity index (χ1n) is 8.28. The third-order valence-corrected chi connectivity index (χ3v) is 4.33. The maximum atomic E-state index is 12.3. The summed E-state index contributed by atoms with van der Waals surface area (Å²) in [5.74, 6) is 0.759. The highest BCUT2D eigenvalue weighted by atomic mass is 35.5. The van der Waals surface area contributed by atoms with E-state index in [0.29, 0.717) is 27.8 Å². The minimum absolute atomic E-state index is 0.00866. The van der Waals surface area contributed by atoms with Crippen LogP contribution in [0.25, 0.3) is 5.69 Å². The highest BCUT2D eigenvalue weighted by Gasteiger charge is 2.17. The number of para-hydroxylation sites is 1. The molecule has 0 spiro atoms. The van der Waals surface area contributed by atoms with Crippen LogP contribution < -0.4 is 10.1 Å². The van der Waals surface area contributed by atoms with Crippen LogP contribution in [0, 0.1) is 6.92 Å². The molecule has 7 nitrogen and oxygen atoms in total. The zero-order valence-corrected chi connectivity index (χ0v) is 15.6. The normalized spacial score (nSPS) is 11.9. The monoisotopic (exact) mass is 386 g/mol. The number of rotatable bonds is 6. The fraction of sp³-hybridized carbons (Fsp3) is 0.211. The van der Waals surface area contributed by atoms with Gasteiger partial charge < -0.3 is 15.2 Å². The Kier molecular flexibility index (Phi) is 5.73. The van der Waals surface area contributed by atoms with Crippen molar-refractivity contribution >= 4 is 17.5 Å². The van der Waals surface area contributed by atoms with Crippen LogP contribution in [0.4, 0.5) is 0 Å². The van der Waals surface area contributed by atoms with Gasteiger partial charge in [-0.1, -0.05) is 35.9 Å². The summed E-state index contributed by atoms with van der Waals surface area (Å²) in [6.45, 7) is 1.77. The van der Waals surface area contributed by atoms with E-state index >= 15 is 0 Å². The Morgan fingerprint density at radius 3 is 2.63 bits per heavy atom. The number of benzene rings is 2. The van der Waals surface area contributed by atoms with Crippen molar-refractivity contribution in [1.29, 1.82) is 0 Å².